The van der Waals surface area contributed by atoms with E-state index in [2.05, 4.69) is 25.4 Å². The van der Waals surface area contributed by atoms with Gasteiger partial charge in [0.25, 0.3) is 6.43 Å². The Kier molecular flexibility index (Phi) is 5.69. The number of fused-ring (bicyclic) bond motifs is 2. The normalized spacial score (nSPS) is 18.6. The van der Waals surface area contributed by atoms with Crippen molar-refractivity contribution in [3.63, 3.8) is 0 Å². The monoisotopic (exact) mass is 487 g/mol. The van der Waals surface area contributed by atoms with Crippen LogP contribution in [-0.2, 0) is 11.3 Å². The van der Waals surface area contributed by atoms with Crippen LogP contribution in [-0.4, -0.2) is 71.7 Å². The fourth-order valence-electron chi connectivity index (χ4n) is 4.46. The third kappa shape index (κ3) is 4.21. The predicted octanol–water partition coefficient (Wildman–Crippen LogP) is 2.67. The first kappa shape index (κ1) is 22.9. The van der Waals surface area contributed by atoms with E-state index in [9.17, 15) is 18.0 Å². The molecule has 4 aromatic heterocycles. The topological polar surface area (TPSA) is 119 Å². The summed E-state index contributed by atoms with van der Waals surface area (Å²) in [4.78, 5) is 26.2. The summed E-state index contributed by atoms with van der Waals surface area (Å²) in [5, 5.41) is 7.40. The van der Waals surface area contributed by atoms with Gasteiger partial charge in [-0.25, -0.2) is 27.7 Å². The van der Waals surface area contributed by atoms with Gasteiger partial charge in [-0.15, -0.1) is 5.10 Å². The second-order valence-corrected chi connectivity index (χ2v) is 8.56. The molecule has 1 amide bonds. The van der Waals surface area contributed by atoms with Crippen molar-refractivity contribution in [2.75, 3.05) is 24.1 Å². The number of amides is 1. The van der Waals surface area contributed by atoms with Gasteiger partial charge < -0.3 is 20.5 Å². The van der Waals surface area contributed by atoms with Crippen molar-refractivity contribution < 1.29 is 18.0 Å². The Labute approximate surface area is 198 Å². The average molecular weight is 487 g/mol. The molecule has 5 heterocycles. The fraction of sp³-hybridized carbons (Fsp3) is 0.409. The van der Waals surface area contributed by atoms with Crippen molar-refractivity contribution in [2.24, 2.45) is 0 Å². The number of hydrogen-bond acceptors (Lipinski definition) is 7. The number of nitrogens with zero attached hydrogens (tertiary/aromatic N) is 7. The van der Waals surface area contributed by atoms with E-state index >= 15 is 0 Å². The molecular formula is C22H24F3N9O. The molecule has 0 aromatic carbocycles. The molecule has 1 aliphatic heterocycles. The molecule has 0 unspecified atom stereocenters. The molecule has 1 aliphatic rings. The van der Waals surface area contributed by atoms with Crippen molar-refractivity contribution in [1.82, 2.24) is 34.0 Å². The van der Waals surface area contributed by atoms with Gasteiger partial charge in [0.05, 0.1) is 24.8 Å². The highest BCUT2D eigenvalue weighted by Crippen LogP contribution is 2.30. The van der Waals surface area contributed by atoms with Gasteiger partial charge in [0.1, 0.15) is 23.0 Å². The second kappa shape index (κ2) is 8.71. The lowest BCUT2D eigenvalue weighted by Gasteiger charge is -2.34. The highest BCUT2D eigenvalue weighted by atomic mass is 19.3. The number of piperidine rings is 1. The number of nitrogens with one attached hydrogen (secondary N) is 1. The summed E-state index contributed by atoms with van der Waals surface area (Å²) < 4.78 is 43.6. The van der Waals surface area contributed by atoms with E-state index in [0.717, 1.165) is 0 Å². The van der Waals surface area contributed by atoms with E-state index in [4.69, 9.17) is 5.73 Å². The van der Waals surface area contributed by atoms with Gasteiger partial charge in [0.15, 0.2) is 11.5 Å². The van der Waals surface area contributed by atoms with Crippen LogP contribution in [0.1, 0.15) is 19.2 Å². The van der Waals surface area contributed by atoms with Crippen molar-refractivity contribution in [3.05, 3.63) is 30.2 Å². The molecule has 35 heavy (non-hydrogen) atoms. The van der Waals surface area contributed by atoms with E-state index < -0.39 is 25.2 Å². The minimum Gasteiger partial charge on any atom is -0.382 e. The summed E-state index contributed by atoms with van der Waals surface area (Å²) in [6.07, 6.45) is -1.73. The molecule has 1 fully saturated rings. The summed E-state index contributed by atoms with van der Waals surface area (Å²) in [6.45, 7) is 3.02. The maximum absolute atomic E-state index is 14.6. The van der Waals surface area contributed by atoms with E-state index in [1.807, 2.05) is 0 Å². The predicted molar refractivity (Wildman–Crippen MR) is 124 cm³/mol. The van der Waals surface area contributed by atoms with Crippen LogP contribution in [0.2, 0.25) is 0 Å². The summed E-state index contributed by atoms with van der Waals surface area (Å²) in [6, 6.07) is 4.65. The molecule has 0 bridgehead atoms. The molecule has 0 spiro atoms. The standard InChI is InChI=1S/C22H24F3N9O/c1-11-27-17-4-3-15(28-21(17)33(11)10-18(24)25)13-5-8-34-19(13)20(26)30-22(31-34)29-16-6-7-32(12(2)35)9-14(16)23/h3-5,8,14,16,18H,6-7,9-10H2,1-2H3,(H3,26,29,30,31)/t14-,16+/m1/s1. The highest BCUT2D eigenvalue weighted by Gasteiger charge is 2.31. The molecule has 10 nitrogen and oxygen atoms in total. The zero-order chi connectivity index (χ0) is 24.9. The third-order valence-electron chi connectivity index (χ3n) is 6.22. The number of imidazole rings is 1. The van der Waals surface area contributed by atoms with Gasteiger partial charge in [-0.2, -0.15) is 4.98 Å². The smallest absolute Gasteiger partial charge is 0.256 e. The Bertz CT molecular complexity index is 1420. The van der Waals surface area contributed by atoms with Crippen LogP contribution in [0.4, 0.5) is 24.9 Å². The summed E-state index contributed by atoms with van der Waals surface area (Å²) in [7, 11) is 0. The molecule has 3 N–H and O–H groups in total. The van der Waals surface area contributed by atoms with Gasteiger partial charge in [-0.05, 0) is 31.5 Å². The molecule has 2 atom stereocenters. The average Bonchev–Trinajstić information content (AvgIpc) is 3.36. The van der Waals surface area contributed by atoms with Crippen molar-refractivity contribution >= 4 is 34.4 Å². The van der Waals surface area contributed by atoms with Crippen LogP contribution in [0.3, 0.4) is 0 Å². The number of halogens is 3. The van der Waals surface area contributed by atoms with Crippen LogP contribution in [0.5, 0.6) is 0 Å². The van der Waals surface area contributed by atoms with Gasteiger partial charge in [-0.1, -0.05) is 0 Å². The lowest BCUT2D eigenvalue weighted by Crippen LogP contribution is -2.49. The van der Waals surface area contributed by atoms with Gasteiger partial charge in [0.2, 0.25) is 11.9 Å². The lowest BCUT2D eigenvalue weighted by atomic mass is 10.0. The Balaban J connectivity index is 1.45. The number of pyridine rings is 1. The minimum atomic E-state index is -2.54. The van der Waals surface area contributed by atoms with Crippen LogP contribution in [0.25, 0.3) is 27.9 Å². The number of likely N-dealkylation sites (tertiary alicyclic amines) is 1. The molecule has 5 rings (SSSR count). The van der Waals surface area contributed by atoms with Crippen LogP contribution >= 0.6 is 0 Å². The Hall–Kier alpha value is -3.90. The number of aromatic nitrogens is 6. The number of nitrogens with two attached hydrogens (primary N) is 1. The maximum Gasteiger partial charge on any atom is 0.256 e. The number of anilines is 2. The van der Waals surface area contributed by atoms with Crippen LogP contribution in [0, 0.1) is 6.92 Å². The lowest BCUT2D eigenvalue weighted by molar-refractivity contribution is -0.131. The zero-order valence-corrected chi connectivity index (χ0v) is 19.1. The van der Waals surface area contributed by atoms with E-state index in [0.29, 0.717) is 46.7 Å². The molecule has 0 radical (unpaired) electrons. The Morgan fingerprint density at radius 2 is 2.06 bits per heavy atom. The first-order chi connectivity index (χ1) is 16.7. The Morgan fingerprint density at radius 3 is 2.77 bits per heavy atom. The minimum absolute atomic E-state index is 0.00809. The van der Waals surface area contributed by atoms with Gasteiger partial charge >= 0.3 is 0 Å². The van der Waals surface area contributed by atoms with E-state index in [1.54, 1.807) is 31.3 Å². The molecular weight excluding hydrogens is 463 g/mol. The Morgan fingerprint density at radius 1 is 1.26 bits per heavy atom. The number of aryl methyl sites for hydroxylation is 1. The van der Waals surface area contributed by atoms with Gasteiger partial charge in [0, 0.05) is 25.2 Å². The molecule has 1 saturated heterocycles. The summed E-state index contributed by atoms with van der Waals surface area (Å²) in [5.41, 5.74) is 8.73. The first-order valence-corrected chi connectivity index (χ1v) is 11.1. The molecule has 0 aliphatic carbocycles. The molecule has 13 heteroatoms. The maximum atomic E-state index is 14.6. The summed E-state index contributed by atoms with van der Waals surface area (Å²) >= 11 is 0. The molecule has 0 saturated carbocycles. The number of nitrogen functional groups attached to an aromatic ring is 1. The zero-order valence-electron chi connectivity index (χ0n) is 19.1. The summed E-state index contributed by atoms with van der Waals surface area (Å²) in [5.74, 6) is 0.603. The second-order valence-electron chi connectivity index (χ2n) is 8.56. The van der Waals surface area contributed by atoms with Crippen LogP contribution in [0.15, 0.2) is 24.4 Å². The van der Waals surface area contributed by atoms with Crippen LogP contribution < -0.4 is 11.1 Å². The largest absolute Gasteiger partial charge is 0.382 e. The van der Waals surface area contributed by atoms with Crippen molar-refractivity contribution in [1.29, 1.82) is 0 Å². The van der Waals surface area contributed by atoms with Gasteiger partial charge in [-0.3, -0.25) is 4.79 Å². The number of alkyl halides is 3. The first-order valence-electron chi connectivity index (χ1n) is 11.1. The van der Waals surface area contributed by atoms with E-state index in [-0.39, 0.29) is 24.2 Å². The molecule has 4 aromatic rings. The number of carbonyl (C=O) groups excluding carboxylic acids is 1. The fourth-order valence-corrected chi connectivity index (χ4v) is 4.46. The molecule has 184 valence electrons. The number of rotatable bonds is 5. The third-order valence-corrected chi connectivity index (χ3v) is 6.22. The SMILES string of the molecule is CC(=O)N1CC[C@H](Nc2nc(N)c3c(-c4ccc5nc(C)n(CC(F)F)c5n4)ccn3n2)[C@H](F)C1. The van der Waals surface area contributed by atoms with Crippen molar-refractivity contribution in [3.8, 4) is 11.3 Å². The number of carbonyl (C=O) groups is 1. The number of hydrogen-bond donors (Lipinski definition) is 2. The van der Waals surface area contributed by atoms with E-state index in [1.165, 1.54) is 20.9 Å². The quantitative estimate of drug-likeness (QED) is 0.444. The highest BCUT2D eigenvalue weighted by molar-refractivity contribution is 5.88. The van der Waals surface area contributed by atoms with Crippen molar-refractivity contribution in [2.45, 2.75) is 45.5 Å².